The number of fused-ring (bicyclic) bond motifs is 4. The normalized spacial score (nSPS) is 12.0. The van der Waals surface area contributed by atoms with Gasteiger partial charge in [0.1, 0.15) is 0 Å². The summed E-state index contributed by atoms with van der Waals surface area (Å²) < 4.78 is 0. The maximum absolute atomic E-state index is 2.45. The molecule has 0 spiro atoms. The third-order valence-electron chi connectivity index (χ3n) is 8.75. The Bertz CT molecular complexity index is 2420. The Morgan fingerprint density at radius 2 is 0.750 bits per heavy atom. The molecule has 0 aliphatic rings. The van der Waals surface area contributed by atoms with Crippen LogP contribution in [0.25, 0.3) is 86.9 Å². The fourth-order valence-electron chi connectivity index (χ4n) is 6.93. The Labute approximate surface area is 232 Å². The van der Waals surface area contributed by atoms with Crippen molar-refractivity contribution in [3.05, 3.63) is 146 Å². The molecule has 0 heteroatoms. The van der Waals surface area contributed by atoms with Gasteiger partial charge in [0, 0.05) is 0 Å². The quantitative estimate of drug-likeness (QED) is 0.162. The average Bonchev–Trinajstić information content (AvgIpc) is 3.02. The van der Waals surface area contributed by atoms with Gasteiger partial charge in [0.05, 0.1) is 0 Å². The Morgan fingerprint density at radius 1 is 0.250 bits per heavy atom. The Hall–Kier alpha value is -5.20. The summed E-state index contributed by atoms with van der Waals surface area (Å²) in [5.74, 6) is 0. The molecule has 0 aromatic heterocycles. The lowest BCUT2D eigenvalue weighted by Crippen LogP contribution is -1.93. The predicted octanol–water partition coefficient (Wildman–Crippen LogP) is 11.4. The lowest BCUT2D eigenvalue weighted by molar-refractivity contribution is 1.67. The highest BCUT2D eigenvalue weighted by Gasteiger charge is 2.19. The van der Waals surface area contributed by atoms with Gasteiger partial charge in [0.15, 0.2) is 0 Å². The van der Waals surface area contributed by atoms with Crippen LogP contribution in [0, 0.1) is 0 Å². The Balaban J connectivity index is 1.50. The van der Waals surface area contributed by atoms with E-state index in [0.29, 0.717) is 0 Å². The van der Waals surface area contributed by atoms with Crippen molar-refractivity contribution < 1.29 is 0 Å². The van der Waals surface area contributed by atoms with Gasteiger partial charge in [-0.1, -0.05) is 127 Å². The van der Waals surface area contributed by atoms with Crippen LogP contribution in [0.5, 0.6) is 0 Å². The summed E-state index contributed by atoms with van der Waals surface area (Å²) in [4.78, 5) is 0. The topological polar surface area (TPSA) is 0 Å². The first-order valence-corrected chi connectivity index (χ1v) is 13.9. The summed E-state index contributed by atoms with van der Waals surface area (Å²) in [6, 6.07) is 53.9. The number of hydrogen-bond donors (Lipinski definition) is 0. The zero-order chi connectivity index (χ0) is 26.2. The van der Waals surface area contributed by atoms with Crippen LogP contribution in [-0.4, -0.2) is 0 Å². The molecule has 0 amide bonds. The molecule has 9 aromatic rings. The van der Waals surface area contributed by atoms with Gasteiger partial charge in [-0.3, -0.25) is 0 Å². The fourth-order valence-corrected chi connectivity index (χ4v) is 6.93. The van der Waals surface area contributed by atoms with E-state index in [1.165, 1.54) is 86.9 Å². The van der Waals surface area contributed by atoms with E-state index in [4.69, 9.17) is 0 Å². The second kappa shape index (κ2) is 8.15. The monoisotopic (exact) mass is 504 g/mol. The highest BCUT2D eigenvalue weighted by molar-refractivity contribution is 6.36. The van der Waals surface area contributed by atoms with E-state index in [9.17, 15) is 0 Å². The third-order valence-corrected chi connectivity index (χ3v) is 8.75. The van der Waals surface area contributed by atoms with Crippen molar-refractivity contribution in [3.8, 4) is 22.3 Å². The average molecular weight is 505 g/mol. The number of rotatable bonds is 2. The SMILES string of the molecule is c1ccc2cc(-c3cc(-c4ccc5ccccc5c4)c4c5cccc6cccc(c7cccc3c74)c65)ccc2c1. The predicted molar refractivity (Wildman–Crippen MR) is 174 cm³/mol. The largest absolute Gasteiger partial charge is 0.0616 e. The second-order valence-electron chi connectivity index (χ2n) is 10.9. The van der Waals surface area contributed by atoms with Gasteiger partial charge >= 0.3 is 0 Å². The van der Waals surface area contributed by atoms with Gasteiger partial charge in [0.25, 0.3) is 0 Å². The summed E-state index contributed by atoms with van der Waals surface area (Å²) >= 11 is 0. The highest BCUT2D eigenvalue weighted by atomic mass is 14.2. The molecule has 0 radical (unpaired) electrons. The molecule has 0 fully saturated rings. The van der Waals surface area contributed by atoms with Gasteiger partial charge in [-0.15, -0.1) is 0 Å². The Kier molecular flexibility index (Phi) is 4.42. The molecule has 0 saturated carbocycles. The minimum absolute atomic E-state index is 1.25. The Morgan fingerprint density at radius 3 is 1.43 bits per heavy atom. The van der Waals surface area contributed by atoms with Crippen molar-refractivity contribution in [1.29, 1.82) is 0 Å². The maximum atomic E-state index is 2.45. The highest BCUT2D eigenvalue weighted by Crippen LogP contribution is 2.47. The third kappa shape index (κ3) is 3.02. The fraction of sp³-hybridized carbons (Fsp3) is 0. The van der Waals surface area contributed by atoms with E-state index in [1.807, 2.05) is 0 Å². The van der Waals surface area contributed by atoms with Crippen LogP contribution in [0.4, 0.5) is 0 Å². The second-order valence-corrected chi connectivity index (χ2v) is 10.9. The van der Waals surface area contributed by atoms with Crippen LogP contribution in [-0.2, 0) is 0 Å². The van der Waals surface area contributed by atoms with Crippen LogP contribution in [0.1, 0.15) is 0 Å². The summed E-state index contributed by atoms with van der Waals surface area (Å²) in [5.41, 5.74) is 5.07. The molecule has 9 rings (SSSR count). The van der Waals surface area contributed by atoms with Crippen LogP contribution >= 0.6 is 0 Å². The van der Waals surface area contributed by atoms with Gasteiger partial charge in [-0.2, -0.15) is 0 Å². The van der Waals surface area contributed by atoms with E-state index >= 15 is 0 Å². The summed E-state index contributed by atoms with van der Waals surface area (Å²) in [6.45, 7) is 0. The van der Waals surface area contributed by atoms with Crippen molar-refractivity contribution in [2.24, 2.45) is 0 Å². The van der Waals surface area contributed by atoms with Crippen LogP contribution in [0.3, 0.4) is 0 Å². The summed E-state index contributed by atoms with van der Waals surface area (Å²) in [6.07, 6.45) is 0. The zero-order valence-corrected chi connectivity index (χ0v) is 21.9. The van der Waals surface area contributed by atoms with E-state index < -0.39 is 0 Å². The lowest BCUT2D eigenvalue weighted by Gasteiger charge is -2.20. The smallest absolute Gasteiger partial charge is 0.00137 e. The lowest BCUT2D eigenvalue weighted by atomic mass is 9.83. The summed E-state index contributed by atoms with van der Waals surface area (Å²) in [5, 5.41) is 15.7. The minimum Gasteiger partial charge on any atom is -0.0616 e. The number of benzene rings is 9. The van der Waals surface area contributed by atoms with E-state index in [0.717, 1.165) is 0 Å². The molecule has 0 N–H and O–H groups in total. The van der Waals surface area contributed by atoms with Crippen LogP contribution in [0.2, 0.25) is 0 Å². The van der Waals surface area contributed by atoms with Crippen molar-refractivity contribution in [2.45, 2.75) is 0 Å². The van der Waals surface area contributed by atoms with E-state index in [1.54, 1.807) is 0 Å². The molecule has 9 aromatic carbocycles. The standard InChI is InChI=1S/C40H24/c1-3-10-28-22-30(20-18-25(28)8-1)36-24-37(31-21-19-26-9-2-4-11-29(26)23-31)40-35-17-6-13-27-12-5-14-32(38(27)35)33-15-7-16-34(36)39(33)40/h1-24H. The molecular formula is C40H24. The van der Waals surface area contributed by atoms with Crippen molar-refractivity contribution >= 4 is 64.6 Å². The molecule has 0 saturated heterocycles. The molecule has 0 atom stereocenters. The molecule has 0 aliphatic heterocycles. The first kappa shape index (κ1) is 21.7. The van der Waals surface area contributed by atoms with Gasteiger partial charge in [-0.25, -0.2) is 0 Å². The number of hydrogen-bond acceptors (Lipinski definition) is 0. The summed E-state index contributed by atoms with van der Waals surface area (Å²) in [7, 11) is 0. The van der Waals surface area contributed by atoms with Crippen molar-refractivity contribution in [2.75, 3.05) is 0 Å². The minimum atomic E-state index is 1.25. The molecule has 184 valence electrons. The molecule has 0 nitrogen and oxygen atoms in total. The molecule has 0 heterocycles. The maximum Gasteiger partial charge on any atom is -0.00137 e. The first-order valence-electron chi connectivity index (χ1n) is 13.9. The zero-order valence-electron chi connectivity index (χ0n) is 21.9. The van der Waals surface area contributed by atoms with E-state index in [2.05, 4.69) is 146 Å². The molecule has 40 heavy (non-hydrogen) atoms. The van der Waals surface area contributed by atoms with Crippen molar-refractivity contribution in [1.82, 2.24) is 0 Å². The van der Waals surface area contributed by atoms with Gasteiger partial charge in [0.2, 0.25) is 0 Å². The first-order chi connectivity index (χ1) is 19.8. The molecule has 0 unspecified atom stereocenters. The molecular weight excluding hydrogens is 480 g/mol. The molecule has 0 aliphatic carbocycles. The van der Waals surface area contributed by atoms with E-state index in [-0.39, 0.29) is 0 Å². The molecule has 0 bridgehead atoms. The van der Waals surface area contributed by atoms with Gasteiger partial charge < -0.3 is 0 Å². The van der Waals surface area contributed by atoms with Crippen molar-refractivity contribution in [3.63, 3.8) is 0 Å². The van der Waals surface area contributed by atoms with Crippen LogP contribution in [0.15, 0.2) is 146 Å². The van der Waals surface area contributed by atoms with Gasteiger partial charge in [-0.05, 0) is 105 Å². The van der Waals surface area contributed by atoms with Crippen LogP contribution < -0.4 is 0 Å².